The van der Waals surface area contributed by atoms with E-state index in [9.17, 15) is 14.4 Å². The zero-order chi connectivity index (χ0) is 18.8. The fourth-order valence-electron chi connectivity index (χ4n) is 1.95. The number of hydrogen-bond donors (Lipinski definition) is 3. The first-order chi connectivity index (χ1) is 11.8. The number of amides is 4. The maximum atomic E-state index is 12.0. The van der Waals surface area contributed by atoms with Gasteiger partial charge in [-0.05, 0) is 44.7 Å². The van der Waals surface area contributed by atoms with Crippen molar-refractivity contribution in [1.29, 1.82) is 0 Å². The molecule has 3 N–H and O–H groups in total. The largest absolute Gasteiger partial charge is 0.497 e. The Hall–Kier alpha value is -2.61. The normalized spacial score (nSPS) is 11.6. The third-order valence-corrected chi connectivity index (χ3v) is 3.44. The second-order valence-electron chi connectivity index (χ2n) is 5.78. The zero-order valence-electron chi connectivity index (χ0n) is 15.1. The fourth-order valence-corrected chi connectivity index (χ4v) is 1.95. The van der Waals surface area contributed by atoms with E-state index in [2.05, 4.69) is 16.0 Å². The molecule has 0 aromatic heterocycles. The van der Waals surface area contributed by atoms with E-state index in [0.717, 1.165) is 6.42 Å². The number of anilines is 1. The van der Waals surface area contributed by atoms with Crippen LogP contribution in [0.15, 0.2) is 24.3 Å². The quantitative estimate of drug-likeness (QED) is 0.654. The van der Waals surface area contributed by atoms with Crippen LogP contribution in [-0.4, -0.2) is 56.0 Å². The summed E-state index contributed by atoms with van der Waals surface area (Å²) in [5.41, 5.74) is 0.636. The summed E-state index contributed by atoms with van der Waals surface area (Å²) in [5, 5.41) is 7.60. The van der Waals surface area contributed by atoms with Crippen LogP contribution in [-0.2, 0) is 9.59 Å². The number of nitrogens with one attached hydrogen (secondary N) is 3. The molecule has 0 aliphatic carbocycles. The van der Waals surface area contributed by atoms with E-state index in [1.54, 1.807) is 38.4 Å². The Morgan fingerprint density at radius 1 is 1.12 bits per heavy atom. The predicted molar refractivity (Wildman–Crippen MR) is 95.5 cm³/mol. The van der Waals surface area contributed by atoms with E-state index >= 15 is 0 Å². The first-order valence-corrected chi connectivity index (χ1v) is 8.06. The molecule has 4 amide bonds. The minimum atomic E-state index is -0.532. The molecule has 0 saturated heterocycles. The highest BCUT2D eigenvalue weighted by Crippen LogP contribution is 2.14. The van der Waals surface area contributed by atoms with Gasteiger partial charge in [0.05, 0.1) is 20.2 Å². The van der Waals surface area contributed by atoms with Crippen molar-refractivity contribution >= 4 is 23.5 Å². The monoisotopic (exact) mass is 350 g/mol. The van der Waals surface area contributed by atoms with Gasteiger partial charge in [-0.1, -0.05) is 6.92 Å². The number of benzene rings is 1. The number of imide groups is 1. The lowest BCUT2D eigenvalue weighted by molar-refractivity contribution is -0.122. The topological polar surface area (TPSA) is 99.8 Å². The number of methoxy groups -OCH3 is 1. The van der Waals surface area contributed by atoms with Gasteiger partial charge in [0.1, 0.15) is 5.75 Å². The van der Waals surface area contributed by atoms with Crippen molar-refractivity contribution in [3.8, 4) is 5.75 Å². The van der Waals surface area contributed by atoms with E-state index in [4.69, 9.17) is 4.74 Å². The number of ether oxygens (including phenoxy) is 1. The highest BCUT2D eigenvalue weighted by molar-refractivity contribution is 5.96. The maximum absolute atomic E-state index is 12.0. The Morgan fingerprint density at radius 2 is 1.72 bits per heavy atom. The molecular formula is C17H26N4O4. The number of rotatable bonds is 8. The van der Waals surface area contributed by atoms with Gasteiger partial charge in [0.15, 0.2) is 0 Å². The van der Waals surface area contributed by atoms with Crippen LogP contribution in [0.4, 0.5) is 10.5 Å². The third kappa shape index (κ3) is 8.16. The molecule has 0 spiro atoms. The molecular weight excluding hydrogens is 324 g/mol. The summed E-state index contributed by atoms with van der Waals surface area (Å²) in [6, 6.07) is 6.38. The van der Waals surface area contributed by atoms with Gasteiger partial charge in [-0.15, -0.1) is 0 Å². The zero-order valence-corrected chi connectivity index (χ0v) is 15.1. The Bertz CT molecular complexity index is 589. The van der Waals surface area contributed by atoms with Crippen LogP contribution in [0.5, 0.6) is 5.75 Å². The average molecular weight is 350 g/mol. The van der Waals surface area contributed by atoms with E-state index in [-0.39, 0.29) is 25.0 Å². The first kappa shape index (κ1) is 20.4. The van der Waals surface area contributed by atoms with Crippen LogP contribution in [0.1, 0.15) is 20.3 Å². The van der Waals surface area contributed by atoms with Gasteiger partial charge < -0.3 is 15.4 Å². The maximum Gasteiger partial charge on any atom is 0.321 e. The van der Waals surface area contributed by atoms with Gasteiger partial charge >= 0.3 is 6.03 Å². The molecule has 8 nitrogen and oxygen atoms in total. The molecule has 1 aromatic carbocycles. The van der Waals surface area contributed by atoms with E-state index in [1.807, 2.05) is 13.8 Å². The molecule has 0 radical (unpaired) electrons. The highest BCUT2D eigenvalue weighted by Gasteiger charge is 2.14. The minimum absolute atomic E-state index is 0.0131. The number of likely N-dealkylation sites (N-methyl/N-ethyl adjacent to an activating group) is 1. The van der Waals surface area contributed by atoms with E-state index < -0.39 is 11.9 Å². The van der Waals surface area contributed by atoms with Gasteiger partial charge in [-0.2, -0.15) is 0 Å². The lowest BCUT2D eigenvalue weighted by Gasteiger charge is -2.17. The summed E-state index contributed by atoms with van der Waals surface area (Å²) in [6.07, 6.45) is 0.771. The minimum Gasteiger partial charge on any atom is -0.497 e. The molecule has 1 aromatic rings. The number of carbonyl (C=O) groups is 3. The Morgan fingerprint density at radius 3 is 2.28 bits per heavy atom. The van der Waals surface area contributed by atoms with Crippen molar-refractivity contribution in [2.75, 3.05) is 32.6 Å². The van der Waals surface area contributed by atoms with Crippen LogP contribution >= 0.6 is 0 Å². The molecule has 0 unspecified atom stereocenters. The van der Waals surface area contributed by atoms with Gasteiger partial charge in [-0.3, -0.25) is 19.8 Å². The number of carbonyl (C=O) groups excluding carboxylic acids is 3. The summed E-state index contributed by atoms with van der Waals surface area (Å²) in [7, 11) is 3.19. The SMILES string of the molecule is CC[C@@H](C)NC(=O)NC(=O)CN(C)CC(=O)Nc1ccc(OC)cc1. The third-order valence-electron chi connectivity index (χ3n) is 3.44. The number of urea groups is 1. The fraction of sp³-hybridized carbons (Fsp3) is 0.471. The lowest BCUT2D eigenvalue weighted by Crippen LogP contribution is -2.47. The number of hydrogen-bond acceptors (Lipinski definition) is 5. The molecule has 138 valence electrons. The summed E-state index contributed by atoms with van der Waals surface area (Å²) in [4.78, 5) is 36.8. The Labute approximate surface area is 147 Å². The first-order valence-electron chi connectivity index (χ1n) is 8.06. The summed E-state index contributed by atoms with van der Waals surface area (Å²) >= 11 is 0. The van der Waals surface area contributed by atoms with Gasteiger partial charge in [0.2, 0.25) is 11.8 Å². The smallest absolute Gasteiger partial charge is 0.321 e. The molecule has 1 atom stereocenters. The number of nitrogens with zero attached hydrogens (tertiary/aromatic N) is 1. The second kappa shape index (κ2) is 10.3. The van der Waals surface area contributed by atoms with Crippen molar-refractivity contribution in [1.82, 2.24) is 15.5 Å². The van der Waals surface area contributed by atoms with Crippen molar-refractivity contribution in [2.24, 2.45) is 0 Å². The van der Waals surface area contributed by atoms with Crippen molar-refractivity contribution in [3.05, 3.63) is 24.3 Å². The van der Waals surface area contributed by atoms with Crippen LogP contribution in [0.3, 0.4) is 0 Å². The van der Waals surface area contributed by atoms with Crippen molar-refractivity contribution < 1.29 is 19.1 Å². The molecule has 25 heavy (non-hydrogen) atoms. The second-order valence-corrected chi connectivity index (χ2v) is 5.78. The van der Waals surface area contributed by atoms with Crippen molar-refractivity contribution in [2.45, 2.75) is 26.3 Å². The molecule has 0 heterocycles. The van der Waals surface area contributed by atoms with Crippen LogP contribution in [0.2, 0.25) is 0 Å². The Balaban J connectivity index is 2.36. The molecule has 0 aliphatic heterocycles. The highest BCUT2D eigenvalue weighted by atomic mass is 16.5. The molecule has 0 aliphatic rings. The molecule has 0 saturated carbocycles. The Kier molecular flexibility index (Phi) is 8.42. The predicted octanol–water partition coefficient (Wildman–Crippen LogP) is 1.19. The molecule has 0 fully saturated rings. The van der Waals surface area contributed by atoms with Gasteiger partial charge in [-0.25, -0.2) is 4.79 Å². The van der Waals surface area contributed by atoms with Crippen LogP contribution in [0.25, 0.3) is 0 Å². The van der Waals surface area contributed by atoms with Gasteiger partial charge in [0, 0.05) is 11.7 Å². The van der Waals surface area contributed by atoms with Crippen molar-refractivity contribution in [3.63, 3.8) is 0 Å². The summed E-state index contributed by atoms with van der Waals surface area (Å²) < 4.78 is 5.05. The van der Waals surface area contributed by atoms with Crippen LogP contribution in [0, 0.1) is 0 Å². The van der Waals surface area contributed by atoms with Crippen LogP contribution < -0.4 is 20.7 Å². The van der Waals surface area contributed by atoms with E-state index in [0.29, 0.717) is 11.4 Å². The lowest BCUT2D eigenvalue weighted by atomic mass is 10.3. The standard InChI is InChI=1S/C17H26N4O4/c1-5-12(2)18-17(24)20-16(23)11-21(3)10-15(22)19-13-6-8-14(25-4)9-7-13/h6-9,12H,5,10-11H2,1-4H3,(H,19,22)(H2,18,20,23,24)/t12-/m1/s1. The summed E-state index contributed by atoms with van der Waals surface area (Å²) in [5.74, 6) is -0.0347. The summed E-state index contributed by atoms with van der Waals surface area (Å²) in [6.45, 7) is 3.73. The molecule has 0 bridgehead atoms. The molecule has 8 heteroatoms. The van der Waals surface area contributed by atoms with E-state index in [1.165, 1.54) is 4.90 Å². The average Bonchev–Trinajstić information content (AvgIpc) is 2.54. The molecule has 1 rings (SSSR count). The van der Waals surface area contributed by atoms with Gasteiger partial charge in [0.25, 0.3) is 0 Å².